The fourth-order valence-electron chi connectivity index (χ4n) is 4.65. The number of aromatic nitrogens is 1. The van der Waals surface area contributed by atoms with E-state index in [4.69, 9.17) is 4.52 Å². The number of aryl methyl sites for hydroxylation is 2. The molecule has 2 aromatic rings. The summed E-state index contributed by atoms with van der Waals surface area (Å²) in [5.74, 6) is 0.414. The van der Waals surface area contributed by atoms with Gasteiger partial charge < -0.3 is 9.42 Å². The van der Waals surface area contributed by atoms with Gasteiger partial charge in [-0.05, 0) is 62.8 Å². The number of amides is 1. The number of benzene rings is 1. The molecular weight excluding hydrogens is 454 g/mol. The minimum atomic E-state index is -3.72. The lowest BCUT2D eigenvalue weighted by molar-refractivity contribution is 0.0597. The van der Waals surface area contributed by atoms with E-state index in [-0.39, 0.29) is 21.1 Å². The highest BCUT2D eigenvalue weighted by molar-refractivity contribution is 7.90. The second kappa shape index (κ2) is 7.96. The average molecular weight is 482 g/mol. The number of nitrogens with zero attached hydrogens (tertiary/aromatic N) is 3. The molecule has 32 heavy (non-hydrogen) atoms. The maximum Gasteiger partial charge on any atom is 0.259 e. The molecule has 2 aliphatic rings. The van der Waals surface area contributed by atoms with Crippen LogP contribution < -0.4 is 0 Å². The van der Waals surface area contributed by atoms with E-state index in [1.807, 2.05) is 0 Å². The summed E-state index contributed by atoms with van der Waals surface area (Å²) in [6.07, 6.45) is 3.27. The Morgan fingerprint density at radius 1 is 0.969 bits per heavy atom. The van der Waals surface area contributed by atoms with E-state index in [0.29, 0.717) is 43.2 Å². The maximum atomic E-state index is 13.1. The van der Waals surface area contributed by atoms with E-state index in [9.17, 15) is 21.6 Å². The average Bonchev–Trinajstić information content (AvgIpc) is 3.31. The molecule has 174 valence electrons. The lowest BCUT2D eigenvalue weighted by atomic mass is 9.78. The first-order chi connectivity index (χ1) is 14.9. The van der Waals surface area contributed by atoms with Crippen LogP contribution in [0.2, 0.25) is 0 Å². The number of likely N-dealkylation sites (tertiary alicyclic amines) is 1. The zero-order chi connectivity index (χ0) is 23.3. The third-order valence-corrected chi connectivity index (χ3v) is 9.64. The van der Waals surface area contributed by atoms with Crippen LogP contribution in [0.25, 0.3) is 0 Å². The molecule has 1 aromatic heterocycles. The third kappa shape index (κ3) is 4.08. The van der Waals surface area contributed by atoms with Gasteiger partial charge in [0, 0.05) is 32.4 Å². The molecular formula is C21H27N3O6S2. The second-order valence-corrected chi connectivity index (χ2v) is 12.8. The van der Waals surface area contributed by atoms with Crippen LogP contribution in [-0.4, -0.2) is 69.5 Å². The fourth-order valence-corrected chi connectivity index (χ4v) is 6.83. The van der Waals surface area contributed by atoms with E-state index in [1.165, 1.54) is 28.6 Å². The third-order valence-electron chi connectivity index (χ3n) is 6.65. The molecule has 2 fully saturated rings. The topological polar surface area (TPSA) is 118 Å². The van der Waals surface area contributed by atoms with Crippen molar-refractivity contribution in [3.8, 4) is 0 Å². The van der Waals surface area contributed by atoms with Gasteiger partial charge in [0.05, 0.1) is 15.5 Å². The van der Waals surface area contributed by atoms with Crippen LogP contribution >= 0.6 is 0 Å². The van der Waals surface area contributed by atoms with Gasteiger partial charge in [-0.3, -0.25) is 4.79 Å². The Morgan fingerprint density at radius 2 is 1.53 bits per heavy atom. The van der Waals surface area contributed by atoms with Gasteiger partial charge in [0.15, 0.2) is 9.84 Å². The van der Waals surface area contributed by atoms with Crippen molar-refractivity contribution in [2.75, 3.05) is 32.4 Å². The molecule has 2 aliphatic heterocycles. The summed E-state index contributed by atoms with van der Waals surface area (Å²) in [4.78, 5) is 14.9. The summed E-state index contributed by atoms with van der Waals surface area (Å²) >= 11 is 0. The Bertz CT molecular complexity index is 1220. The minimum absolute atomic E-state index is 0.0877. The number of rotatable bonds is 4. The van der Waals surface area contributed by atoms with Crippen molar-refractivity contribution in [2.24, 2.45) is 5.41 Å². The Balaban J connectivity index is 1.44. The van der Waals surface area contributed by atoms with E-state index in [2.05, 4.69) is 5.16 Å². The van der Waals surface area contributed by atoms with E-state index in [0.717, 1.165) is 25.5 Å². The van der Waals surface area contributed by atoms with Crippen LogP contribution in [0.5, 0.6) is 0 Å². The molecule has 9 nitrogen and oxygen atoms in total. The number of carbonyl (C=O) groups excluding carboxylic acids is 1. The molecule has 0 unspecified atom stereocenters. The summed E-state index contributed by atoms with van der Waals surface area (Å²) in [5.41, 5.74) is 0.928. The van der Waals surface area contributed by atoms with E-state index >= 15 is 0 Å². The Morgan fingerprint density at radius 3 is 2.06 bits per heavy atom. The molecule has 0 saturated carbocycles. The molecule has 0 aliphatic carbocycles. The largest absolute Gasteiger partial charge is 0.361 e. The minimum Gasteiger partial charge on any atom is -0.361 e. The Kier molecular flexibility index (Phi) is 5.71. The van der Waals surface area contributed by atoms with Gasteiger partial charge in [0.2, 0.25) is 10.0 Å². The molecule has 0 bridgehead atoms. The number of carbonyl (C=O) groups is 1. The van der Waals surface area contributed by atoms with Crippen LogP contribution in [0.3, 0.4) is 0 Å². The van der Waals surface area contributed by atoms with Crippen molar-refractivity contribution in [2.45, 2.75) is 42.9 Å². The molecule has 0 N–H and O–H groups in total. The van der Waals surface area contributed by atoms with Gasteiger partial charge in [-0.1, -0.05) is 5.16 Å². The van der Waals surface area contributed by atoms with Gasteiger partial charge in [0.1, 0.15) is 11.3 Å². The summed E-state index contributed by atoms with van der Waals surface area (Å²) in [6, 6.07) is 5.35. The fraction of sp³-hybridized carbons (Fsp3) is 0.524. The van der Waals surface area contributed by atoms with Crippen LogP contribution in [0.4, 0.5) is 0 Å². The SMILES string of the molecule is Cc1noc(C)c1C(=O)N1CCC2(CC1)CCN(S(=O)(=O)c1ccc(S(C)(=O)=O)cc1)C2. The predicted molar refractivity (Wildman–Crippen MR) is 116 cm³/mol. The summed E-state index contributed by atoms with van der Waals surface area (Å²) in [6.45, 7) is 5.39. The van der Waals surface area contributed by atoms with E-state index in [1.54, 1.807) is 18.7 Å². The monoisotopic (exact) mass is 481 g/mol. The van der Waals surface area contributed by atoms with Gasteiger partial charge in [-0.15, -0.1) is 0 Å². The smallest absolute Gasteiger partial charge is 0.259 e. The van der Waals surface area contributed by atoms with Gasteiger partial charge in [0.25, 0.3) is 5.91 Å². The molecule has 11 heteroatoms. The van der Waals surface area contributed by atoms with Crippen LogP contribution in [0.1, 0.15) is 41.1 Å². The normalized spacial score (nSPS) is 19.5. The quantitative estimate of drug-likeness (QED) is 0.655. The maximum absolute atomic E-state index is 13.1. The highest BCUT2D eigenvalue weighted by Crippen LogP contribution is 2.42. The van der Waals surface area contributed by atoms with Gasteiger partial charge >= 0.3 is 0 Å². The first kappa shape index (κ1) is 22.9. The van der Waals surface area contributed by atoms with Crippen molar-refractivity contribution in [3.63, 3.8) is 0 Å². The van der Waals surface area contributed by atoms with Crippen molar-refractivity contribution in [1.29, 1.82) is 0 Å². The molecule has 0 radical (unpaired) electrons. The van der Waals surface area contributed by atoms with Crippen molar-refractivity contribution in [3.05, 3.63) is 41.3 Å². The van der Waals surface area contributed by atoms with Crippen molar-refractivity contribution in [1.82, 2.24) is 14.4 Å². The molecule has 4 rings (SSSR count). The zero-order valence-corrected chi connectivity index (χ0v) is 20.0. The van der Waals surface area contributed by atoms with Crippen LogP contribution in [0.15, 0.2) is 38.6 Å². The molecule has 0 atom stereocenters. The summed E-state index contributed by atoms with van der Waals surface area (Å²) < 4.78 is 56.1. The van der Waals surface area contributed by atoms with Crippen molar-refractivity contribution >= 4 is 25.8 Å². The second-order valence-electron chi connectivity index (χ2n) is 8.82. The first-order valence-electron chi connectivity index (χ1n) is 10.5. The Labute approximate surface area is 188 Å². The lowest BCUT2D eigenvalue weighted by Crippen LogP contribution is -2.44. The first-order valence-corrected chi connectivity index (χ1v) is 13.8. The standard InChI is InChI=1S/C21H27N3O6S2/c1-15-19(16(2)30-22-15)20(25)23-11-8-21(9-12-23)10-13-24(14-21)32(28,29)18-6-4-17(5-7-18)31(3,26)27/h4-7H,8-14H2,1-3H3. The molecule has 1 aromatic carbocycles. The molecule has 3 heterocycles. The molecule has 1 spiro atoms. The lowest BCUT2D eigenvalue weighted by Gasteiger charge is -2.39. The summed E-state index contributed by atoms with van der Waals surface area (Å²) in [7, 11) is -7.11. The van der Waals surface area contributed by atoms with Crippen LogP contribution in [-0.2, 0) is 19.9 Å². The molecule has 1 amide bonds. The zero-order valence-electron chi connectivity index (χ0n) is 18.4. The predicted octanol–water partition coefficient (Wildman–Crippen LogP) is 2.01. The van der Waals surface area contributed by atoms with Crippen LogP contribution in [0, 0.1) is 19.3 Å². The molecule has 2 saturated heterocycles. The van der Waals surface area contributed by atoms with Gasteiger partial charge in [-0.2, -0.15) is 4.31 Å². The number of hydrogen-bond acceptors (Lipinski definition) is 7. The highest BCUT2D eigenvalue weighted by Gasteiger charge is 2.45. The van der Waals surface area contributed by atoms with E-state index < -0.39 is 19.9 Å². The Hall–Kier alpha value is -2.24. The summed E-state index contributed by atoms with van der Waals surface area (Å²) in [5, 5.41) is 3.86. The van der Waals surface area contributed by atoms with Crippen molar-refractivity contribution < 1.29 is 26.2 Å². The number of sulfone groups is 1. The number of hydrogen-bond donors (Lipinski definition) is 0. The van der Waals surface area contributed by atoms with Gasteiger partial charge in [-0.25, -0.2) is 16.8 Å². The highest BCUT2D eigenvalue weighted by atomic mass is 32.2. The number of piperidine rings is 1. The number of sulfonamides is 1.